The maximum absolute atomic E-state index is 5.19. The number of hydrogen-bond acceptors (Lipinski definition) is 6. The Bertz CT molecular complexity index is 890. The molecule has 0 fully saturated rings. The highest BCUT2D eigenvalue weighted by Crippen LogP contribution is 2.23. The molecule has 0 amide bonds. The Morgan fingerprint density at radius 2 is 1.46 bits per heavy atom. The van der Waals surface area contributed by atoms with Crippen molar-refractivity contribution in [3.8, 4) is 5.75 Å². The van der Waals surface area contributed by atoms with Crippen LogP contribution in [0.1, 0.15) is 19.5 Å². The van der Waals surface area contributed by atoms with E-state index in [2.05, 4.69) is 63.6 Å². The lowest BCUT2D eigenvalue weighted by Gasteiger charge is -2.21. The summed E-state index contributed by atoms with van der Waals surface area (Å²) < 4.78 is 5.19. The molecule has 0 saturated heterocycles. The fraction of sp³-hybridized carbons (Fsp3) is 0.273. The van der Waals surface area contributed by atoms with Crippen LogP contribution in [0.3, 0.4) is 0 Å². The molecule has 0 saturated carbocycles. The maximum Gasteiger partial charge on any atom is 0.229 e. The minimum absolute atomic E-state index is 0.549. The monoisotopic (exact) mass is 377 g/mol. The molecule has 3 aromatic rings. The SMILES string of the molecule is CCN(CC)c1ccc(Nc2cc(C)nc(Nc3ccc(OC)cc3)n2)cc1. The van der Waals surface area contributed by atoms with E-state index in [9.17, 15) is 0 Å². The third kappa shape index (κ3) is 4.91. The van der Waals surface area contributed by atoms with Crippen LogP contribution in [0.15, 0.2) is 54.6 Å². The van der Waals surface area contributed by atoms with Gasteiger partial charge in [-0.05, 0) is 69.3 Å². The van der Waals surface area contributed by atoms with Gasteiger partial charge in [0.1, 0.15) is 11.6 Å². The van der Waals surface area contributed by atoms with Crippen LogP contribution in [0.4, 0.5) is 28.8 Å². The van der Waals surface area contributed by atoms with Crippen LogP contribution in [0.25, 0.3) is 0 Å². The number of hydrogen-bond donors (Lipinski definition) is 2. The molecule has 0 aliphatic rings. The van der Waals surface area contributed by atoms with Crippen molar-refractivity contribution in [2.75, 3.05) is 35.7 Å². The molecule has 0 aliphatic carbocycles. The summed E-state index contributed by atoms with van der Waals surface area (Å²) in [5, 5.41) is 6.60. The van der Waals surface area contributed by atoms with Crippen LogP contribution < -0.4 is 20.3 Å². The summed E-state index contributed by atoms with van der Waals surface area (Å²) in [6.07, 6.45) is 0. The van der Waals surface area contributed by atoms with Gasteiger partial charge in [0.25, 0.3) is 0 Å². The van der Waals surface area contributed by atoms with Crippen LogP contribution in [-0.4, -0.2) is 30.2 Å². The first kappa shape index (κ1) is 19.5. The Labute approximate surface area is 166 Å². The van der Waals surface area contributed by atoms with Gasteiger partial charge >= 0.3 is 0 Å². The van der Waals surface area contributed by atoms with E-state index < -0.39 is 0 Å². The number of nitrogens with zero attached hydrogens (tertiary/aromatic N) is 3. The van der Waals surface area contributed by atoms with Gasteiger partial charge in [0.2, 0.25) is 5.95 Å². The number of ether oxygens (including phenoxy) is 1. The van der Waals surface area contributed by atoms with Gasteiger partial charge in [-0.25, -0.2) is 4.98 Å². The molecule has 2 N–H and O–H groups in total. The summed E-state index contributed by atoms with van der Waals surface area (Å²) in [4.78, 5) is 11.4. The van der Waals surface area contributed by atoms with E-state index in [1.807, 2.05) is 37.3 Å². The third-order valence-electron chi connectivity index (χ3n) is 4.47. The predicted octanol–water partition coefficient (Wildman–Crippen LogP) is 5.13. The van der Waals surface area contributed by atoms with E-state index in [4.69, 9.17) is 4.74 Å². The van der Waals surface area contributed by atoms with Crippen molar-refractivity contribution in [3.63, 3.8) is 0 Å². The standard InChI is InChI=1S/C22H27N5O/c1-5-27(6-2)19-11-7-17(8-12-19)24-21-15-16(3)23-22(26-21)25-18-9-13-20(28-4)14-10-18/h7-15H,5-6H2,1-4H3,(H2,23,24,25,26). The summed E-state index contributed by atoms with van der Waals surface area (Å²) >= 11 is 0. The Balaban J connectivity index is 1.73. The Morgan fingerprint density at radius 1 is 0.857 bits per heavy atom. The molecule has 2 aromatic carbocycles. The molecule has 146 valence electrons. The van der Waals surface area contributed by atoms with E-state index in [1.165, 1.54) is 5.69 Å². The molecular weight excluding hydrogens is 350 g/mol. The van der Waals surface area contributed by atoms with Crippen LogP contribution in [0, 0.1) is 6.92 Å². The van der Waals surface area contributed by atoms with Crippen LogP contribution in [0.5, 0.6) is 5.75 Å². The average molecular weight is 377 g/mol. The lowest BCUT2D eigenvalue weighted by Crippen LogP contribution is -2.21. The highest BCUT2D eigenvalue weighted by Gasteiger charge is 2.05. The van der Waals surface area contributed by atoms with E-state index in [0.29, 0.717) is 5.95 Å². The minimum Gasteiger partial charge on any atom is -0.497 e. The first-order chi connectivity index (χ1) is 13.6. The molecule has 0 unspecified atom stereocenters. The molecule has 0 atom stereocenters. The van der Waals surface area contributed by atoms with Crippen molar-refractivity contribution in [2.45, 2.75) is 20.8 Å². The van der Waals surface area contributed by atoms with Gasteiger partial charge in [0, 0.05) is 41.9 Å². The highest BCUT2D eigenvalue weighted by atomic mass is 16.5. The number of anilines is 5. The first-order valence-electron chi connectivity index (χ1n) is 9.50. The third-order valence-corrected chi connectivity index (χ3v) is 4.47. The Hall–Kier alpha value is -3.28. The number of nitrogens with one attached hydrogen (secondary N) is 2. The molecule has 0 aliphatic heterocycles. The maximum atomic E-state index is 5.19. The smallest absolute Gasteiger partial charge is 0.229 e. The van der Waals surface area contributed by atoms with Crippen molar-refractivity contribution in [3.05, 3.63) is 60.3 Å². The van der Waals surface area contributed by atoms with Gasteiger partial charge in [-0.3, -0.25) is 0 Å². The second kappa shape index (κ2) is 9.08. The van der Waals surface area contributed by atoms with Gasteiger partial charge in [0.05, 0.1) is 7.11 Å². The number of methoxy groups -OCH3 is 1. The summed E-state index contributed by atoms with van der Waals surface area (Å²) in [6.45, 7) is 8.27. The molecule has 0 bridgehead atoms. The molecule has 0 spiro atoms. The zero-order valence-corrected chi connectivity index (χ0v) is 16.9. The summed E-state index contributed by atoms with van der Waals surface area (Å²) in [5.74, 6) is 2.11. The normalized spacial score (nSPS) is 10.4. The summed E-state index contributed by atoms with van der Waals surface area (Å²) in [7, 11) is 1.65. The van der Waals surface area contributed by atoms with E-state index in [-0.39, 0.29) is 0 Å². The van der Waals surface area contributed by atoms with Gasteiger partial charge in [-0.15, -0.1) is 0 Å². The molecule has 0 radical (unpaired) electrons. The highest BCUT2D eigenvalue weighted by molar-refractivity contribution is 5.63. The number of rotatable bonds is 8. The average Bonchev–Trinajstić information content (AvgIpc) is 2.70. The molecule has 3 rings (SSSR count). The zero-order chi connectivity index (χ0) is 19.9. The van der Waals surface area contributed by atoms with Crippen LogP contribution >= 0.6 is 0 Å². The number of benzene rings is 2. The van der Waals surface area contributed by atoms with Gasteiger partial charge < -0.3 is 20.3 Å². The van der Waals surface area contributed by atoms with E-state index in [0.717, 1.165) is 41.7 Å². The summed E-state index contributed by atoms with van der Waals surface area (Å²) in [5.41, 5.74) is 4.00. The van der Waals surface area contributed by atoms with Crippen LogP contribution in [0.2, 0.25) is 0 Å². The van der Waals surface area contributed by atoms with Crippen molar-refractivity contribution in [1.82, 2.24) is 9.97 Å². The molecule has 28 heavy (non-hydrogen) atoms. The largest absolute Gasteiger partial charge is 0.497 e. The predicted molar refractivity (Wildman–Crippen MR) is 116 cm³/mol. The lowest BCUT2D eigenvalue weighted by atomic mass is 10.2. The number of aromatic nitrogens is 2. The molecular formula is C22H27N5O. The fourth-order valence-corrected chi connectivity index (χ4v) is 2.98. The van der Waals surface area contributed by atoms with Crippen molar-refractivity contribution in [2.24, 2.45) is 0 Å². The topological polar surface area (TPSA) is 62.3 Å². The first-order valence-corrected chi connectivity index (χ1v) is 9.50. The second-order valence-electron chi connectivity index (χ2n) is 6.42. The molecule has 1 heterocycles. The second-order valence-corrected chi connectivity index (χ2v) is 6.42. The van der Waals surface area contributed by atoms with E-state index >= 15 is 0 Å². The van der Waals surface area contributed by atoms with Crippen molar-refractivity contribution in [1.29, 1.82) is 0 Å². The van der Waals surface area contributed by atoms with Gasteiger partial charge in [-0.1, -0.05) is 0 Å². The minimum atomic E-state index is 0.549. The van der Waals surface area contributed by atoms with E-state index in [1.54, 1.807) is 7.11 Å². The molecule has 6 nitrogen and oxygen atoms in total. The lowest BCUT2D eigenvalue weighted by molar-refractivity contribution is 0.415. The van der Waals surface area contributed by atoms with Crippen molar-refractivity contribution >= 4 is 28.8 Å². The zero-order valence-electron chi connectivity index (χ0n) is 16.9. The molecule has 1 aromatic heterocycles. The Morgan fingerprint density at radius 3 is 2.07 bits per heavy atom. The molecule has 6 heteroatoms. The Kier molecular flexibility index (Phi) is 6.32. The van der Waals surface area contributed by atoms with Crippen molar-refractivity contribution < 1.29 is 4.74 Å². The fourth-order valence-electron chi connectivity index (χ4n) is 2.98. The number of aryl methyl sites for hydroxylation is 1. The summed E-state index contributed by atoms with van der Waals surface area (Å²) in [6, 6.07) is 18.0. The van der Waals surface area contributed by atoms with Gasteiger partial charge in [-0.2, -0.15) is 4.98 Å². The van der Waals surface area contributed by atoms with Gasteiger partial charge in [0.15, 0.2) is 0 Å². The quantitative estimate of drug-likeness (QED) is 0.568. The van der Waals surface area contributed by atoms with Crippen LogP contribution in [-0.2, 0) is 0 Å².